The highest BCUT2D eigenvalue weighted by molar-refractivity contribution is 5.91. The van der Waals surface area contributed by atoms with Crippen LogP contribution >= 0.6 is 0 Å². The van der Waals surface area contributed by atoms with Gasteiger partial charge < -0.3 is 10.7 Å². The van der Waals surface area contributed by atoms with Gasteiger partial charge in [-0.15, -0.1) is 0 Å². The quantitative estimate of drug-likeness (QED) is 0.719. The topological polar surface area (TPSA) is 41.8 Å². The molecule has 3 rings (SSSR count). The van der Waals surface area contributed by atoms with Crippen molar-refractivity contribution in [1.29, 1.82) is 0 Å². The minimum absolute atomic E-state index is 0.00926. The first-order valence-electron chi connectivity index (χ1n) is 7.48. The lowest BCUT2D eigenvalue weighted by molar-refractivity contribution is 0.590. The van der Waals surface area contributed by atoms with Crippen molar-refractivity contribution < 1.29 is 13.2 Å². The molecule has 120 valence electrons. The Morgan fingerprint density at radius 1 is 1.04 bits per heavy atom. The van der Waals surface area contributed by atoms with Gasteiger partial charge in [-0.2, -0.15) is 0 Å². The van der Waals surface area contributed by atoms with Crippen LogP contribution in [0.15, 0.2) is 36.4 Å². The Morgan fingerprint density at radius 2 is 1.74 bits per heavy atom. The molecule has 0 bridgehead atoms. The zero-order valence-electron chi connectivity index (χ0n) is 12.7. The van der Waals surface area contributed by atoms with Crippen LogP contribution in [0.4, 0.5) is 13.2 Å². The van der Waals surface area contributed by atoms with E-state index in [0.29, 0.717) is 24.0 Å². The summed E-state index contributed by atoms with van der Waals surface area (Å²) in [6, 6.07) is 8.10. The van der Waals surface area contributed by atoms with Crippen LogP contribution < -0.4 is 5.73 Å². The molecule has 1 unspecified atom stereocenters. The molecule has 0 spiro atoms. The summed E-state index contributed by atoms with van der Waals surface area (Å²) in [5.41, 5.74) is 8.09. The Bertz CT molecular complexity index is 838. The minimum atomic E-state index is -0.644. The van der Waals surface area contributed by atoms with Crippen molar-refractivity contribution >= 4 is 10.9 Å². The van der Waals surface area contributed by atoms with E-state index in [1.807, 2.05) is 6.92 Å². The van der Waals surface area contributed by atoms with Crippen molar-refractivity contribution in [2.24, 2.45) is 5.73 Å². The van der Waals surface area contributed by atoms with Gasteiger partial charge >= 0.3 is 0 Å². The van der Waals surface area contributed by atoms with Gasteiger partial charge in [-0.3, -0.25) is 0 Å². The highest BCUT2D eigenvalue weighted by Gasteiger charge is 2.21. The van der Waals surface area contributed by atoms with Crippen LogP contribution in [-0.4, -0.2) is 11.5 Å². The molecule has 2 aromatic carbocycles. The third kappa shape index (κ3) is 2.84. The van der Waals surface area contributed by atoms with E-state index in [1.165, 1.54) is 18.2 Å². The number of aromatic amines is 1. The van der Waals surface area contributed by atoms with E-state index in [4.69, 9.17) is 5.73 Å². The molecule has 0 radical (unpaired) electrons. The predicted octanol–water partition coefficient (Wildman–Crippen LogP) is 4.70. The lowest BCUT2D eigenvalue weighted by atomic mass is 9.92. The summed E-state index contributed by atoms with van der Waals surface area (Å²) < 4.78 is 40.9. The summed E-state index contributed by atoms with van der Waals surface area (Å²) in [5.74, 6) is -1.61. The van der Waals surface area contributed by atoms with E-state index in [1.54, 1.807) is 12.1 Å². The number of rotatable bonds is 4. The molecular formula is C18H17F3N2. The zero-order valence-corrected chi connectivity index (χ0v) is 12.7. The number of hydrogen-bond donors (Lipinski definition) is 2. The Labute approximate surface area is 132 Å². The van der Waals surface area contributed by atoms with Gasteiger partial charge in [0.25, 0.3) is 0 Å². The molecule has 0 aliphatic rings. The molecule has 23 heavy (non-hydrogen) atoms. The number of aromatic nitrogens is 1. The van der Waals surface area contributed by atoms with Gasteiger partial charge in [0.2, 0.25) is 0 Å². The Morgan fingerprint density at radius 3 is 2.39 bits per heavy atom. The van der Waals surface area contributed by atoms with Crippen molar-refractivity contribution in [3.63, 3.8) is 0 Å². The van der Waals surface area contributed by atoms with Crippen LogP contribution in [0.5, 0.6) is 0 Å². The average molecular weight is 318 g/mol. The number of fused-ring (bicyclic) bond motifs is 1. The maximum atomic E-state index is 14.1. The molecule has 5 heteroatoms. The number of hydrogen-bond acceptors (Lipinski definition) is 1. The van der Waals surface area contributed by atoms with Crippen LogP contribution in [-0.2, 0) is 0 Å². The lowest BCUT2D eigenvalue weighted by Gasteiger charge is -2.13. The standard InChI is InChI=1S/C18H17F3N2/c1-10(6-7-22)16-14-8-13(20)9-15(21)18(14)23-17(16)11-2-4-12(19)5-3-11/h2-5,8-10,23H,6-7,22H2,1H3. The smallest absolute Gasteiger partial charge is 0.150 e. The van der Waals surface area contributed by atoms with Crippen molar-refractivity contribution in [2.75, 3.05) is 6.54 Å². The van der Waals surface area contributed by atoms with Crippen LogP contribution in [0.25, 0.3) is 22.2 Å². The van der Waals surface area contributed by atoms with E-state index in [2.05, 4.69) is 4.98 Å². The molecule has 3 N–H and O–H groups in total. The second kappa shape index (κ2) is 6.08. The van der Waals surface area contributed by atoms with Gasteiger partial charge in [0.1, 0.15) is 17.5 Å². The molecule has 0 aliphatic heterocycles. The van der Waals surface area contributed by atoms with Crippen LogP contribution in [0.2, 0.25) is 0 Å². The molecule has 0 amide bonds. The molecule has 0 saturated carbocycles. The summed E-state index contributed by atoms with van der Waals surface area (Å²) in [6.07, 6.45) is 0.680. The molecular weight excluding hydrogens is 301 g/mol. The predicted molar refractivity (Wildman–Crippen MR) is 85.7 cm³/mol. The molecule has 3 aromatic rings. The van der Waals surface area contributed by atoms with Gasteiger partial charge in [-0.1, -0.05) is 6.92 Å². The molecule has 1 heterocycles. The minimum Gasteiger partial charge on any atom is -0.352 e. The number of nitrogens with one attached hydrogen (secondary N) is 1. The van der Waals surface area contributed by atoms with E-state index < -0.39 is 11.6 Å². The first kappa shape index (κ1) is 15.6. The normalized spacial score (nSPS) is 12.7. The molecule has 1 aromatic heterocycles. The largest absolute Gasteiger partial charge is 0.352 e. The summed E-state index contributed by atoms with van der Waals surface area (Å²) >= 11 is 0. The molecule has 1 atom stereocenters. The highest BCUT2D eigenvalue weighted by Crippen LogP contribution is 2.38. The second-order valence-corrected chi connectivity index (χ2v) is 5.71. The third-order valence-electron chi connectivity index (χ3n) is 4.09. The number of benzene rings is 2. The monoisotopic (exact) mass is 318 g/mol. The van der Waals surface area contributed by atoms with Crippen LogP contribution in [0.3, 0.4) is 0 Å². The Hall–Kier alpha value is -2.27. The molecule has 2 nitrogen and oxygen atoms in total. The molecule has 0 saturated heterocycles. The van der Waals surface area contributed by atoms with Gasteiger partial charge in [0.15, 0.2) is 0 Å². The fourth-order valence-electron chi connectivity index (χ4n) is 2.99. The Kier molecular flexibility index (Phi) is 4.13. The van der Waals surface area contributed by atoms with Crippen molar-refractivity contribution in [3.05, 3.63) is 59.4 Å². The SMILES string of the molecule is CC(CCN)c1c(-c2ccc(F)cc2)[nH]c2c(F)cc(F)cc12. The first-order chi connectivity index (χ1) is 11.0. The van der Waals surface area contributed by atoms with Gasteiger partial charge in [-0.05, 0) is 60.3 Å². The third-order valence-corrected chi connectivity index (χ3v) is 4.09. The van der Waals surface area contributed by atoms with Crippen molar-refractivity contribution in [1.82, 2.24) is 4.98 Å². The van der Waals surface area contributed by atoms with Gasteiger partial charge in [-0.25, -0.2) is 13.2 Å². The molecule has 0 fully saturated rings. The number of halogens is 3. The maximum absolute atomic E-state index is 14.1. The fourth-order valence-corrected chi connectivity index (χ4v) is 2.99. The number of H-pyrrole nitrogens is 1. The van der Waals surface area contributed by atoms with Crippen LogP contribution in [0, 0.1) is 17.5 Å². The molecule has 0 aliphatic carbocycles. The zero-order chi connectivity index (χ0) is 16.6. The average Bonchev–Trinajstić information content (AvgIpc) is 2.88. The van der Waals surface area contributed by atoms with Gasteiger partial charge in [0, 0.05) is 11.5 Å². The summed E-state index contributed by atoms with van der Waals surface area (Å²) in [6.45, 7) is 2.43. The van der Waals surface area contributed by atoms with E-state index in [9.17, 15) is 13.2 Å². The van der Waals surface area contributed by atoms with Gasteiger partial charge in [0.05, 0.1) is 11.2 Å². The van der Waals surface area contributed by atoms with E-state index in [0.717, 1.165) is 17.2 Å². The summed E-state index contributed by atoms with van der Waals surface area (Å²) in [7, 11) is 0. The summed E-state index contributed by atoms with van der Waals surface area (Å²) in [4.78, 5) is 3.03. The fraction of sp³-hybridized carbons (Fsp3) is 0.222. The maximum Gasteiger partial charge on any atom is 0.150 e. The highest BCUT2D eigenvalue weighted by atomic mass is 19.1. The lowest BCUT2D eigenvalue weighted by Crippen LogP contribution is -2.05. The van der Waals surface area contributed by atoms with E-state index >= 15 is 0 Å². The Balaban J connectivity index is 2.29. The first-order valence-corrected chi connectivity index (χ1v) is 7.48. The number of nitrogens with two attached hydrogens (primary N) is 1. The summed E-state index contributed by atoms with van der Waals surface area (Å²) in [5, 5.41) is 0.503. The van der Waals surface area contributed by atoms with Crippen molar-refractivity contribution in [2.45, 2.75) is 19.3 Å². The second-order valence-electron chi connectivity index (χ2n) is 5.71. The van der Waals surface area contributed by atoms with E-state index in [-0.39, 0.29) is 17.3 Å². The van der Waals surface area contributed by atoms with Crippen LogP contribution in [0.1, 0.15) is 24.8 Å². The van der Waals surface area contributed by atoms with Crippen molar-refractivity contribution in [3.8, 4) is 11.3 Å².